The highest BCUT2D eigenvalue weighted by molar-refractivity contribution is 14.1. The number of carboxylic acids is 1. The Bertz CT molecular complexity index is 437. The average molecular weight is 362 g/mol. The lowest BCUT2D eigenvalue weighted by atomic mass is 10.1. The third-order valence-electron chi connectivity index (χ3n) is 2.37. The van der Waals surface area contributed by atoms with Gasteiger partial charge in [0.25, 0.3) is 0 Å². The minimum absolute atomic E-state index is 0.0736. The molecule has 1 unspecified atom stereocenters. The molecule has 0 bridgehead atoms. The highest BCUT2D eigenvalue weighted by Crippen LogP contribution is 2.16. The predicted octanol–water partition coefficient (Wildman–Crippen LogP) is 2.67. The number of rotatable bonds is 5. The standard InChI is InChI=1S/C12H15IN2O3/c1-2-8(7-11(16)17)14-12(18)15-10-6-4-3-5-9(10)13/h3-6,8H,2,7H2,1H3,(H,16,17)(H2,14,15,18). The fraction of sp³-hybridized carbons (Fsp3) is 0.333. The van der Waals surface area contributed by atoms with Crippen molar-refractivity contribution in [3.8, 4) is 0 Å². The van der Waals surface area contributed by atoms with E-state index in [2.05, 4.69) is 33.2 Å². The molecule has 0 radical (unpaired) electrons. The first-order valence-electron chi connectivity index (χ1n) is 5.56. The topological polar surface area (TPSA) is 78.4 Å². The maximum Gasteiger partial charge on any atom is 0.319 e. The molecule has 0 aromatic heterocycles. The number of carboxylic acid groups (broad SMARTS) is 1. The van der Waals surface area contributed by atoms with Gasteiger partial charge >= 0.3 is 12.0 Å². The highest BCUT2D eigenvalue weighted by atomic mass is 127. The molecular formula is C12H15IN2O3. The SMILES string of the molecule is CCC(CC(=O)O)NC(=O)Nc1ccccc1I. The van der Waals surface area contributed by atoms with Crippen LogP contribution >= 0.6 is 22.6 Å². The van der Waals surface area contributed by atoms with Crippen LogP contribution < -0.4 is 10.6 Å². The minimum atomic E-state index is -0.920. The number of carbonyl (C=O) groups is 2. The fourth-order valence-corrected chi connectivity index (χ4v) is 1.94. The first-order valence-corrected chi connectivity index (χ1v) is 6.64. The van der Waals surface area contributed by atoms with E-state index in [1.165, 1.54) is 0 Å². The van der Waals surface area contributed by atoms with Crippen LogP contribution in [-0.4, -0.2) is 23.1 Å². The normalized spacial score (nSPS) is 11.7. The molecule has 1 rings (SSSR count). The third-order valence-corrected chi connectivity index (χ3v) is 3.31. The molecule has 0 aliphatic carbocycles. The predicted molar refractivity (Wildman–Crippen MR) is 77.6 cm³/mol. The van der Waals surface area contributed by atoms with E-state index in [0.717, 1.165) is 3.57 Å². The monoisotopic (exact) mass is 362 g/mol. The number of carbonyl (C=O) groups excluding carboxylic acids is 1. The quantitative estimate of drug-likeness (QED) is 0.705. The van der Waals surface area contributed by atoms with Crippen molar-refractivity contribution < 1.29 is 14.7 Å². The molecule has 2 amide bonds. The molecule has 0 fully saturated rings. The smallest absolute Gasteiger partial charge is 0.319 e. The van der Waals surface area contributed by atoms with Gasteiger partial charge in [-0.3, -0.25) is 4.79 Å². The first kappa shape index (κ1) is 14.7. The Balaban J connectivity index is 2.55. The summed E-state index contributed by atoms with van der Waals surface area (Å²) in [5, 5.41) is 14.0. The number of para-hydroxylation sites is 1. The lowest BCUT2D eigenvalue weighted by molar-refractivity contribution is -0.137. The van der Waals surface area contributed by atoms with Gasteiger partial charge in [-0.05, 0) is 41.1 Å². The first-order chi connectivity index (χ1) is 8.52. The number of halogens is 1. The summed E-state index contributed by atoms with van der Waals surface area (Å²) in [6, 6.07) is 6.64. The molecule has 0 saturated heterocycles. The van der Waals surface area contributed by atoms with Crippen molar-refractivity contribution in [2.24, 2.45) is 0 Å². The number of anilines is 1. The van der Waals surface area contributed by atoms with Crippen molar-refractivity contribution >= 4 is 40.3 Å². The van der Waals surface area contributed by atoms with Gasteiger partial charge in [0.15, 0.2) is 0 Å². The van der Waals surface area contributed by atoms with E-state index in [4.69, 9.17) is 5.11 Å². The number of nitrogens with one attached hydrogen (secondary N) is 2. The van der Waals surface area contributed by atoms with E-state index in [-0.39, 0.29) is 18.5 Å². The van der Waals surface area contributed by atoms with Crippen LogP contribution in [0.3, 0.4) is 0 Å². The van der Waals surface area contributed by atoms with Crippen LogP contribution in [-0.2, 0) is 4.79 Å². The number of aliphatic carboxylic acids is 1. The van der Waals surface area contributed by atoms with Crippen molar-refractivity contribution in [2.45, 2.75) is 25.8 Å². The van der Waals surface area contributed by atoms with E-state index in [0.29, 0.717) is 12.1 Å². The second kappa shape index (κ2) is 7.20. The zero-order chi connectivity index (χ0) is 13.5. The Morgan fingerprint density at radius 1 is 1.39 bits per heavy atom. The Morgan fingerprint density at radius 3 is 2.61 bits per heavy atom. The lowest BCUT2D eigenvalue weighted by Gasteiger charge is -2.15. The Kier molecular flexibility index (Phi) is 5.90. The van der Waals surface area contributed by atoms with Gasteiger partial charge in [-0.2, -0.15) is 0 Å². The minimum Gasteiger partial charge on any atom is -0.481 e. The molecular weight excluding hydrogens is 347 g/mol. The zero-order valence-electron chi connectivity index (χ0n) is 9.94. The molecule has 0 spiro atoms. The van der Waals surface area contributed by atoms with Gasteiger partial charge in [-0.15, -0.1) is 0 Å². The van der Waals surface area contributed by atoms with Gasteiger partial charge in [0.2, 0.25) is 0 Å². The van der Waals surface area contributed by atoms with Crippen molar-refractivity contribution in [3.05, 3.63) is 27.8 Å². The van der Waals surface area contributed by atoms with Crippen LogP contribution in [0.5, 0.6) is 0 Å². The summed E-state index contributed by atoms with van der Waals surface area (Å²) in [5.41, 5.74) is 0.709. The van der Waals surface area contributed by atoms with Crippen LogP contribution in [0, 0.1) is 3.57 Å². The second-order valence-electron chi connectivity index (χ2n) is 3.78. The van der Waals surface area contributed by atoms with Crippen LogP contribution in [0.15, 0.2) is 24.3 Å². The van der Waals surface area contributed by atoms with E-state index in [9.17, 15) is 9.59 Å². The van der Waals surface area contributed by atoms with Crippen molar-refractivity contribution in [1.29, 1.82) is 0 Å². The highest BCUT2D eigenvalue weighted by Gasteiger charge is 2.14. The van der Waals surface area contributed by atoms with E-state index in [1.807, 2.05) is 25.1 Å². The molecule has 0 heterocycles. The summed E-state index contributed by atoms with van der Waals surface area (Å²) in [6.45, 7) is 1.83. The summed E-state index contributed by atoms with van der Waals surface area (Å²) >= 11 is 2.12. The largest absolute Gasteiger partial charge is 0.481 e. The van der Waals surface area contributed by atoms with Crippen molar-refractivity contribution in [3.63, 3.8) is 0 Å². The number of amides is 2. The summed E-state index contributed by atoms with van der Waals surface area (Å²) in [4.78, 5) is 22.3. The molecule has 0 aliphatic rings. The fourth-order valence-electron chi connectivity index (χ4n) is 1.41. The van der Waals surface area contributed by atoms with E-state index >= 15 is 0 Å². The molecule has 1 aromatic rings. The van der Waals surface area contributed by atoms with Gasteiger partial charge < -0.3 is 15.7 Å². The summed E-state index contributed by atoms with van der Waals surface area (Å²) in [7, 11) is 0. The van der Waals surface area contributed by atoms with E-state index < -0.39 is 5.97 Å². The van der Waals surface area contributed by atoms with Gasteiger partial charge in [0, 0.05) is 9.61 Å². The van der Waals surface area contributed by atoms with Crippen LogP contribution in [0.1, 0.15) is 19.8 Å². The Labute approximate surface area is 119 Å². The molecule has 0 saturated carbocycles. The average Bonchev–Trinajstić information content (AvgIpc) is 2.30. The maximum absolute atomic E-state index is 11.7. The molecule has 6 heteroatoms. The second-order valence-corrected chi connectivity index (χ2v) is 4.94. The molecule has 18 heavy (non-hydrogen) atoms. The Hall–Kier alpha value is -1.31. The molecule has 1 atom stereocenters. The number of hydrogen-bond donors (Lipinski definition) is 3. The Morgan fingerprint density at radius 2 is 2.06 bits per heavy atom. The van der Waals surface area contributed by atoms with Gasteiger partial charge in [-0.1, -0.05) is 19.1 Å². The lowest BCUT2D eigenvalue weighted by Crippen LogP contribution is -2.39. The third kappa shape index (κ3) is 4.91. The summed E-state index contributed by atoms with van der Waals surface area (Å²) in [5.74, 6) is -0.920. The molecule has 98 valence electrons. The molecule has 1 aromatic carbocycles. The number of urea groups is 1. The van der Waals surface area contributed by atoms with Crippen molar-refractivity contribution in [2.75, 3.05) is 5.32 Å². The molecule has 3 N–H and O–H groups in total. The molecule has 0 aliphatic heterocycles. The van der Waals surface area contributed by atoms with Crippen LogP contribution in [0.4, 0.5) is 10.5 Å². The van der Waals surface area contributed by atoms with Crippen molar-refractivity contribution in [1.82, 2.24) is 5.32 Å². The summed E-state index contributed by atoms with van der Waals surface area (Å²) < 4.78 is 0.927. The number of hydrogen-bond acceptors (Lipinski definition) is 2. The maximum atomic E-state index is 11.7. The van der Waals surface area contributed by atoms with Gasteiger partial charge in [0.1, 0.15) is 0 Å². The van der Waals surface area contributed by atoms with Crippen LogP contribution in [0.2, 0.25) is 0 Å². The zero-order valence-corrected chi connectivity index (χ0v) is 12.1. The van der Waals surface area contributed by atoms with E-state index in [1.54, 1.807) is 6.07 Å². The molecule has 5 nitrogen and oxygen atoms in total. The summed E-state index contributed by atoms with van der Waals surface area (Å²) in [6.07, 6.45) is 0.501. The van der Waals surface area contributed by atoms with Gasteiger partial charge in [0.05, 0.1) is 12.1 Å². The van der Waals surface area contributed by atoms with Crippen LogP contribution in [0.25, 0.3) is 0 Å². The van der Waals surface area contributed by atoms with Gasteiger partial charge in [-0.25, -0.2) is 4.79 Å². The number of benzene rings is 1.